The van der Waals surface area contributed by atoms with Crippen molar-refractivity contribution in [1.29, 1.82) is 0 Å². The summed E-state index contributed by atoms with van der Waals surface area (Å²) in [7, 11) is 0. The summed E-state index contributed by atoms with van der Waals surface area (Å²) in [6, 6.07) is 54.9. The van der Waals surface area contributed by atoms with E-state index in [1.807, 2.05) is 0 Å². The zero-order chi connectivity index (χ0) is 35.5. The highest BCUT2D eigenvalue weighted by atomic mass is 15.2. The molecule has 1 heterocycles. The van der Waals surface area contributed by atoms with Gasteiger partial charge in [-0.1, -0.05) is 161 Å². The Hall–Kier alpha value is -5.80. The molecule has 0 amide bonds. The van der Waals surface area contributed by atoms with Crippen molar-refractivity contribution in [2.45, 2.75) is 57.5 Å². The molecule has 0 radical (unpaired) electrons. The molecule has 1 aliphatic heterocycles. The Morgan fingerprint density at radius 1 is 0.423 bits per heavy atom. The third kappa shape index (κ3) is 5.90. The van der Waals surface area contributed by atoms with Gasteiger partial charge in [0.05, 0.1) is 0 Å². The molecule has 1 aliphatic carbocycles. The van der Waals surface area contributed by atoms with Crippen LogP contribution in [-0.4, -0.2) is 11.7 Å². The van der Waals surface area contributed by atoms with E-state index in [1.165, 1.54) is 67.8 Å². The van der Waals surface area contributed by atoms with Crippen molar-refractivity contribution in [2.24, 2.45) is 9.98 Å². The molecule has 2 aliphatic rings. The van der Waals surface area contributed by atoms with Gasteiger partial charge in [-0.2, -0.15) is 0 Å². The van der Waals surface area contributed by atoms with Crippen LogP contribution in [0, 0.1) is 0 Å². The molecule has 0 bridgehead atoms. The summed E-state index contributed by atoms with van der Waals surface area (Å²) in [5.74, 6) is 1.64. The van der Waals surface area contributed by atoms with Crippen molar-refractivity contribution < 1.29 is 0 Å². The van der Waals surface area contributed by atoms with Gasteiger partial charge in [-0.15, -0.1) is 0 Å². The predicted octanol–water partition coefficient (Wildman–Crippen LogP) is 12.2. The summed E-state index contributed by atoms with van der Waals surface area (Å²) in [5.41, 5.74) is 11.2. The van der Waals surface area contributed by atoms with E-state index in [4.69, 9.17) is 9.98 Å². The number of hydrogen-bond donors (Lipinski definition) is 1. The topological polar surface area (TPSA) is 36.8 Å². The number of benzene rings is 7. The average Bonchev–Trinajstić information content (AvgIpc) is 3.19. The molecule has 52 heavy (non-hydrogen) atoms. The fourth-order valence-electron chi connectivity index (χ4n) is 8.07. The SMILES string of the molecule is CC1(C)CCC(C)(C)c2cc(-c3cccc(C4N=C(c5ccc(-c6ccc7ccccc7c6)cc5)NC(c5ccc6ccccc6c5)=N4)c3)ccc21. The first-order valence-electron chi connectivity index (χ1n) is 18.5. The third-order valence-electron chi connectivity index (χ3n) is 11.4. The summed E-state index contributed by atoms with van der Waals surface area (Å²) in [4.78, 5) is 10.5. The molecule has 0 aromatic heterocycles. The summed E-state index contributed by atoms with van der Waals surface area (Å²) in [6.45, 7) is 9.56. The predicted molar refractivity (Wildman–Crippen MR) is 219 cm³/mol. The van der Waals surface area contributed by atoms with Crippen molar-refractivity contribution in [3.8, 4) is 22.3 Å². The number of rotatable bonds is 5. The molecule has 9 rings (SSSR count). The van der Waals surface area contributed by atoms with Gasteiger partial charge in [-0.25, -0.2) is 9.98 Å². The van der Waals surface area contributed by atoms with Gasteiger partial charge < -0.3 is 5.32 Å². The third-order valence-corrected chi connectivity index (χ3v) is 11.4. The lowest BCUT2D eigenvalue weighted by atomic mass is 9.63. The Bertz CT molecular complexity index is 2550. The number of aliphatic imine (C=N–C) groups is 2. The molecule has 1 N–H and O–H groups in total. The summed E-state index contributed by atoms with van der Waals surface area (Å²) in [6.07, 6.45) is 2.01. The van der Waals surface area contributed by atoms with Crippen LogP contribution >= 0.6 is 0 Å². The Labute approximate surface area is 306 Å². The molecule has 7 aromatic rings. The summed E-state index contributed by atoms with van der Waals surface area (Å²) >= 11 is 0. The van der Waals surface area contributed by atoms with Crippen LogP contribution in [0.2, 0.25) is 0 Å². The first kappa shape index (κ1) is 32.1. The number of fused-ring (bicyclic) bond motifs is 3. The van der Waals surface area contributed by atoms with E-state index >= 15 is 0 Å². The summed E-state index contributed by atoms with van der Waals surface area (Å²) in [5, 5.41) is 8.52. The largest absolute Gasteiger partial charge is 0.324 e. The minimum absolute atomic E-state index is 0.148. The number of nitrogens with one attached hydrogen (secondary N) is 1. The van der Waals surface area contributed by atoms with Crippen LogP contribution in [0.4, 0.5) is 0 Å². The van der Waals surface area contributed by atoms with Crippen LogP contribution in [0.15, 0.2) is 162 Å². The zero-order valence-corrected chi connectivity index (χ0v) is 30.3. The molecular formula is C49H43N3. The van der Waals surface area contributed by atoms with E-state index in [-0.39, 0.29) is 10.8 Å². The molecule has 7 aromatic carbocycles. The van der Waals surface area contributed by atoms with Crippen molar-refractivity contribution in [1.82, 2.24) is 5.32 Å². The van der Waals surface area contributed by atoms with E-state index in [0.717, 1.165) is 28.4 Å². The Balaban J connectivity index is 1.10. The van der Waals surface area contributed by atoms with Crippen molar-refractivity contribution >= 4 is 33.2 Å². The first-order chi connectivity index (χ1) is 25.2. The van der Waals surface area contributed by atoms with Crippen LogP contribution in [-0.2, 0) is 10.8 Å². The Morgan fingerprint density at radius 3 is 1.62 bits per heavy atom. The van der Waals surface area contributed by atoms with E-state index in [1.54, 1.807) is 0 Å². The monoisotopic (exact) mass is 673 g/mol. The zero-order valence-electron chi connectivity index (χ0n) is 30.3. The lowest BCUT2D eigenvalue weighted by molar-refractivity contribution is 0.332. The van der Waals surface area contributed by atoms with E-state index in [9.17, 15) is 0 Å². The summed E-state index contributed by atoms with van der Waals surface area (Å²) < 4.78 is 0. The highest BCUT2D eigenvalue weighted by Crippen LogP contribution is 2.47. The molecule has 1 atom stereocenters. The minimum atomic E-state index is -0.397. The second kappa shape index (κ2) is 12.5. The van der Waals surface area contributed by atoms with Gasteiger partial charge in [-0.3, -0.25) is 0 Å². The van der Waals surface area contributed by atoms with E-state index < -0.39 is 6.17 Å². The van der Waals surface area contributed by atoms with Crippen molar-refractivity contribution in [3.05, 3.63) is 179 Å². The number of hydrogen-bond acceptors (Lipinski definition) is 3. The first-order valence-corrected chi connectivity index (χ1v) is 18.5. The number of nitrogens with zero attached hydrogens (tertiary/aromatic N) is 2. The number of amidine groups is 2. The molecule has 0 fully saturated rings. The molecule has 3 nitrogen and oxygen atoms in total. The van der Waals surface area contributed by atoms with Gasteiger partial charge in [-0.05, 0) is 102 Å². The van der Waals surface area contributed by atoms with Gasteiger partial charge in [0.1, 0.15) is 11.7 Å². The van der Waals surface area contributed by atoms with Gasteiger partial charge in [0, 0.05) is 11.1 Å². The molecule has 1 unspecified atom stereocenters. The maximum atomic E-state index is 5.27. The lowest BCUT2D eigenvalue weighted by Gasteiger charge is -2.42. The lowest BCUT2D eigenvalue weighted by Crippen LogP contribution is -2.36. The average molecular weight is 674 g/mol. The van der Waals surface area contributed by atoms with Gasteiger partial charge >= 0.3 is 0 Å². The molecular weight excluding hydrogens is 631 g/mol. The van der Waals surface area contributed by atoms with Crippen molar-refractivity contribution in [2.75, 3.05) is 0 Å². The molecule has 0 spiro atoms. The normalized spacial score (nSPS) is 17.6. The van der Waals surface area contributed by atoms with E-state index in [0.29, 0.717) is 0 Å². The smallest absolute Gasteiger partial charge is 0.169 e. The standard InChI is InChI=1S/C49H43N3/c1-48(2)26-27-49(3,4)44-31-40(24-25-43(44)48)38-14-9-15-41(30-38)46-50-45(51-47(52-46)42-23-19-33-11-6-8-13-37(33)29-42)35-20-16-34(17-21-35)39-22-18-32-10-5-7-12-36(32)28-39/h5-25,28-31,46H,26-27H2,1-4H3,(H,50,51,52). The maximum Gasteiger partial charge on any atom is 0.169 e. The molecule has 0 saturated carbocycles. The van der Waals surface area contributed by atoms with Crippen LogP contribution in [0.25, 0.3) is 43.8 Å². The van der Waals surface area contributed by atoms with Crippen LogP contribution < -0.4 is 5.32 Å². The Morgan fingerprint density at radius 2 is 0.923 bits per heavy atom. The van der Waals surface area contributed by atoms with Crippen LogP contribution in [0.3, 0.4) is 0 Å². The maximum absolute atomic E-state index is 5.27. The van der Waals surface area contributed by atoms with Gasteiger partial charge in [0.2, 0.25) is 0 Å². The van der Waals surface area contributed by atoms with Crippen LogP contribution in [0.5, 0.6) is 0 Å². The minimum Gasteiger partial charge on any atom is -0.324 e. The molecule has 0 saturated heterocycles. The second-order valence-electron chi connectivity index (χ2n) is 15.8. The quantitative estimate of drug-likeness (QED) is 0.194. The Kier molecular flexibility index (Phi) is 7.70. The van der Waals surface area contributed by atoms with E-state index in [2.05, 4.69) is 185 Å². The molecule has 254 valence electrons. The second-order valence-corrected chi connectivity index (χ2v) is 15.8. The fourth-order valence-corrected chi connectivity index (χ4v) is 8.07. The van der Waals surface area contributed by atoms with Crippen molar-refractivity contribution in [3.63, 3.8) is 0 Å². The molecule has 3 heteroatoms. The highest BCUT2D eigenvalue weighted by molar-refractivity contribution is 6.16. The fraction of sp³-hybridized carbons (Fsp3) is 0.184. The van der Waals surface area contributed by atoms with Gasteiger partial charge in [0.15, 0.2) is 6.17 Å². The van der Waals surface area contributed by atoms with Crippen LogP contribution in [0.1, 0.15) is 74.5 Å². The highest BCUT2D eigenvalue weighted by Gasteiger charge is 2.37. The van der Waals surface area contributed by atoms with Gasteiger partial charge in [0.25, 0.3) is 0 Å².